The van der Waals surface area contributed by atoms with Gasteiger partial charge in [-0.3, -0.25) is 9.36 Å². The van der Waals surface area contributed by atoms with Crippen LogP contribution in [0.25, 0.3) is 10.9 Å². The highest BCUT2D eigenvalue weighted by molar-refractivity contribution is 6.31. The van der Waals surface area contributed by atoms with Gasteiger partial charge in [0, 0.05) is 16.8 Å². The Kier molecular flexibility index (Phi) is 2.64. The zero-order chi connectivity index (χ0) is 11.9. The van der Waals surface area contributed by atoms with Crippen LogP contribution in [0, 0.1) is 6.92 Å². The molecule has 16 heavy (non-hydrogen) atoms. The van der Waals surface area contributed by atoms with Gasteiger partial charge in [0.1, 0.15) is 5.75 Å². The van der Waals surface area contributed by atoms with Gasteiger partial charge in [0.25, 0.3) is 0 Å². The molecule has 84 valence electrons. The van der Waals surface area contributed by atoms with E-state index in [1.165, 1.54) is 4.57 Å². The zero-order valence-electron chi connectivity index (χ0n) is 9.12. The van der Waals surface area contributed by atoms with Crippen LogP contribution >= 0.6 is 11.6 Å². The Labute approximate surface area is 98.3 Å². The second-order valence-electron chi connectivity index (χ2n) is 3.68. The first-order chi connectivity index (χ1) is 7.56. The van der Waals surface area contributed by atoms with Crippen LogP contribution in [0.5, 0.6) is 5.75 Å². The van der Waals surface area contributed by atoms with E-state index in [0.717, 1.165) is 0 Å². The van der Waals surface area contributed by atoms with E-state index in [4.69, 9.17) is 11.6 Å². The summed E-state index contributed by atoms with van der Waals surface area (Å²) in [7, 11) is 0. The fourth-order valence-electron chi connectivity index (χ4n) is 1.85. The fourth-order valence-corrected chi connectivity index (χ4v) is 2.03. The number of carbonyl (C=O) groups is 1. The third-order valence-electron chi connectivity index (χ3n) is 2.68. The van der Waals surface area contributed by atoms with E-state index in [1.807, 2.05) is 0 Å². The van der Waals surface area contributed by atoms with Crippen molar-refractivity contribution in [3.63, 3.8) is 0 Å². The third kappa shape index (κ3) is 1.48. The SMILES string of the molecule is CCC(=O)n1c(C)c(O)c2cc(Cl)ccc21. The minimum absolute atomic E-state index is 0.0369. The maximum Gasteiger partial charge on any atom is 0.231 e. The molecule has 0 aliphatic heterocycles. The molecule has 4 heteroatoms. The standard InChI is InChI=1S/C12H12ClNO2/c1-3-11(15)14-7(2)12(16)9-6-8(13)4-5-10(9)14/h4-6,16H,3H2,1-2H3. The van der Waals surface area contributed by atoms with Gasteiger partial charge in [0.15, 0.2) is 0 Å². The van der Waals surface area contributed by atoms with Gasteiger partial charge in [0.05, 0.1) is 11.2 Å². The molecule has 0 saturated carbocycles. The molecule has 0 fully saturated rings. The summed E-state index contributed by atoms with van der Waals surface area (Å²) in [5.41, 5.74) is 1.26. The van der Waals surface area contributed by atoms with Crippen molar-refractivity contribution >= 4 is 28.4 Å². The van der Waals surface area contributed by atoms with Crippen molar-refractivity contribution in [1.82, 2.24) is 4.57 Å². The van der Waals surface area contributed by atoms with E-state index in [2.05, 4.69) is 0 Å². The number of aromatic hydroxyl groups is 1. The molecule has 2 aromatic rings. The van der Waals surface area contributed by atoms with Crippen LogP contribution in [0.1, 0.15) is 23.8 Å². The van der Waals surface area contributed by atoms with E-state index >= 15 is 0 Å². The number of fused-ring (bicyclic) bond motifs is 1. The smallest absolute Gasteiger partial charge is 0.231 e. The maximum absolute atomic E-state index is 11.8. The molecule has 0 spiro atoms. The molecule has 0 aliphatic carbocycles. The van der Waals surface area contributed by atoms with Crippen LogP contribution in [0.3, 0.4) is 0 Å². The monoisotopic (exact) mass is 237 g/mol. The summed E-state index contributed by atoms with van der Waals surface area (Å²) >= 11 is 5.86. The van der Waals surface area contributed by atoms with Gasteiger partial charge in [-0.05, 0) is 25.1 Å². The van der Waals surface area contributed by atoms with Crippen LogP contribution < -0.4 is 0 Å². The van der Waals surface area contributed by atoms with Crippen molar-refractivity contribution in [2.24, 2.45) is 0 Å². The van der Waals surface area contributed by atoms with Crippen molar-refractivity contribution in [1.29, 1.82) is 0 Å². The largest absolute Gasteiger partial charge is 0.505 e. The molecule has 0 radical (unpaired) electrons. The summed E-state index contributed by atoms with van der Waals surface area (Å²) in [5.74, 6) is 0.0874. The first-order valence-corrected chi connectivity index (χ1v) is 5.46. The highest BCUT2D eigenvalue weighted by Gasteiger charge is 2.16. The van der Waals surface area contributed by atoms with Gasteiger partial charge in [-0.25, -0.2) is 0 Å². The lowest BCUT2D eigenvalue weighted by Gasteiger charge is -2.03. The van der Waals surface area contributed by atoms with Gasteiger partial charge >= 0.3 is 0 Å². The van der Waals surface area contributed by atoms with Crippen LogP contribution in [-0.2, 0) is 0 Å². The minimum Gasteiger partial charge on any atom is -0.505 e. The number of halogens is 1. The molecule has 0 saturated heterocycles. The van der Waals surface area contributed by atoms with E-state index in [0.29, 0.717) is 28.0 Å². The predicted octanol–water partition coefficient (Wildman–Crippen LogP) is 3.36. The van der Waals surface area contributed by atoms with E-state index in [9.17, 15) is 9.90 Å². The van der Waals surface area contributed by atoms with Crippen LogP contribution in [-0.4, -0.2) is 15.6 Å². The van der Waals surface area contributed by atoms with Crippen molar-refractivity contribution in [2.45, 2.75) is 20.3 Å². The summed E-state index contributed by atoms with van der Waals surface area (Å²) < 4.78 is 1.53. The molecule has 0 atom stereocenters. The number of carbonyl (C=O) groups excluding carboxylic acids is 1. The van der Waals surface area contributed by atoms with Gasteiger partial charge in [-0.1, -0.05) is 18.5 Å². The Morgan fingerprint density at radius 1 is 1.50 bits per heavy atom. The van der Waals surface area contributed by atoms with Crippen LogP contribution in [0.15, 0.2) is 18.2 Å². The fraction of sp³-hybridized carbons (Fsp3) is 0.250. The summed E-state index contributed by atoms with van der Waals surface area (Å²) in [6, 6.07) is 5.12. The zero-order valence-corrected chi connectivity index (χ0v) is 9.88. The van der Waals surface area contributed by atoms with Crippen molar-refractivity contribution in [3.05, 3.63) is 28.9 Å². The molecular formula is C12H12ClNO2. The van der Waals surface area contributed by atoms with Gasteiger partial charge in [-0.15, -0.1) is 0 Å². The van der Waals surface area contributed by atoms with E-state index in [-0.39, 0.29) is 11.7 Å². The second-order valence-corrected chi connectivity index (χ2v) is 4.11. The average Bonchev–Trinajstić information content (AvgIpc) is 2.52. The molecule has 0 aliphatic rings. The molecule has 1 aromatic carbocycles. The average molecular weight is 238 g/mol. The second kappa shape index (κ2) is 3.83. The third-order valence-corrected chi connectivity index (χ3v) is 2.92. The van der Waals surface area contributed by atoms with Crippen molar-refractivity contribution in [2.75, 3.05) is 0 Å². The molecule has 0 unspecified atom stereocenters. The predicted molar refractivity (Wildman–Crippen MR) is 64.3 cm³/mol. The Morgan fingerprint density at radius 3 is 2.81 bits per heavy atom. The first kappa shape index (κ1) is 11.0. The van der Waals surface area contributed by atoms with Crippen molar-refractivity contribution in [3.8, 4) is 5.75 Å². The van der Waals surface area contributed by atoms with Gasteiger partial charge < -0.3 is 5.11 Å². The van der Waals surface area contributed by atoms with E-state index in [1.54, 1.807) is 32.0 Å². The summed E-state index contributed by atoms with van der Waals surface area (Å²) in [4.78, 5) is 11.8. The number of nitrogens with zero attached hydrogens (tertiary/aromatic N) is 1. The highest BCUT2D eigenvalue weighted by Crippen LogP contribution is 2.33. The maximum atomic E-state index is 11.8. The summed E-state index contributed by atoms with van der Waals surface area (Å²) in [6.45, 7) is 3.51. The molecule has 1 aromatic heterocycles. The molecule has 1 N–H and O–H groups in total. The Bertz CT molecular complexity index is 572. The van der Waals surface area contributed by atoms with Crippen LogP contribution in [0.4, 0.5) is 0 Å². The highest BCUT2D eigenvalue weighted by atomic mass is 35.5. The Morgan fingerprint density at radius 2 is 2.19 bits per heavy atom. The van der Waals surface area contributed by atoms with Gasteiger partial charge in [0.2, 0.25) is 5.91 Å². The number of benzene rings is 1. The Balaban J connectivity index is 2.84. The molecule has 3 nitrogen and oxygen atoms in total. The lowest BCUT2D eigenvalue weighted by atomic mass is 10.2. The normalized spacial score (nSPS) is 10.9. The lowest BCUT2D eigenvalue weighted by molar-refractivity contribution is 0.0911. The lowest BCUT2D eigenvalue weighted by Crippen LogP contribution is -2.09. The number of hydrogen-bond acceptors (Lipinski definition) is 2. The Hall–Kier alpha value is -1.48. The number of hydrogen-bond donors (Lipinski definition) is 1. The molecule has 2 rings (SSSR count). The molecule has 0 bridgehead atoms. The first-order valence-electron chi connectivity index (χ1n) is 5.09. The van der Waals surface area contributed by atoms with Crippen molar-refractivity contribution < 1.29 is 9.90 Å². The molecular weight excluding hydrogens is 226 g/mol. The molecule has 1 heterocycles. The van der Waals surface area contributed by atoms with Crippen LogP contribution in [0.2, 0.25) is 5.02 Å². The minimum atomic E-state index is -0.0369. The number of aromatic nitrogens is 1. The van der Waals surface area contributed by atoms with Gasteiger partial charge in [-0.2, -0.15) is 0 Å². The quantitative estimate of drug-likeness (QED) is 0.826. The topological polar surface area (TPSA) is 42.2 Å². The molecule has 0 amide bonds. The summed E-state index contributed by atoms with van der Waals surface area (Å²) in [6.07, 6.45) is 0.396. The number of rotatable bonds is 1. The summed E-state index contributed by atoms with van der Waals surface area (Å²) in [5, 5.41) is 11.1. The van der Waals surface area contributed by atoms with E-state index < -0.39 is 0 Å².